The molecule has 0 aromatic carbocycles. The van der Waals surface area contributed by atoms with Crippen LogP contribution in [0.4, 0.5) is 10.6 Å². The van der Waals surface area contributed by atoms with Crippen molar-refractivity contribution >= 4 is 17.9 Å². The van der Waals surface area contributed by atoms with Gasteiger partial charge < -0.3 is 19.0 Å². The molecule has 156 valence electrons. The molecular weight excluding hydrogens is 378 g/mol. The molecule has 29 heavy (non-hydrogen) atoms. The summed E-state index contributed by atoms with van der Waals surface area (Å²) >= 11 is 0. The smallest absolute Gasteiger partial charge is 0.415 e. The zero-order chi connectivity index (χ0) is 20.8. The van der Waals surface area contributed by atoms with Crippen molar-refractivity contribution in [3.05, 3.63) is 30.3 Å². The Morgan fingerprint density at radius 3 is 2.83 bits per heavy atom. The third kappa shape index (κ3) is 5.11. The predicted octanol–water partition coefficient (Wildman–Crippen LogP) is 3.60. The second-order valence-corrected chi connectivity index (χ2v) is 7.02. The normalized spacial score (nSPS) is 18.1. The molecule has 1 aliphatic carbocycles. The third-order valence-corrected chi connectivity index (χ3v) is 4.90. The first-order valence-electron chi connectivity index (χ1n) is 9.64. The number of unbranched alkanes of at least 4 members (excludes halogenated alkanes) is 1. The van der Waals surface area contributed by atoms with Crippen LogP contribution in [0.1, 0.15) is 43.1 Å². The number of carbonyl (C=O) groups excluding carboxylic acids is 1. The lowest BCUT2D eigenvalue weighted by Gasteiger charge is -2.37. The highest BCUT2D eigenvalue weighted by molar-refractivity contribution is 5.87. The topological polar surface area (TPSA) is 115 Å². The van der Waals surface area contributed by atoms with E-state index in [1.165, 1.54) is 11.1 Å². The summed E-state index contributed by atoms with van der Waals surface area (Å²) in [6, 6.07) is 3.29. The van der Waals surface area contributed by atoms with E-state index >= 15 is 0 Å². The van der Waals surface area contributed by atoms with Gasteiger partial charge in [-0.05, 0) is 37.3 Å². The van der Waals surface area contributed by atoms with Crippen molar-refractivity contribution in [2.24, 2.45) is 5.92 Å². The summed E-state index contributed by atoms with van der Waals surface area (Å²) in [6.45, 7) is 2.84. The standard InChI is InChI=1S/C20H25N3O6/c1-3-4-7-28-20(26)23(11-13-8-15(9-13)27-2)17-10-14(5-6-21-17)18-22-16(12-29-18)19(24)25/h5-6,10,12-13,15H,3-4,7-9,11H2,1-2H3,(H,24,25). The lowest BCUT2D eigenvalue weighted by Crippen LogP contribution is -2.43. The Bertz CT molecular complexity index is 846. The van der Waals surface area contributed by atoms with Crippen LogP contribution in [0.2, 0.25) is 0 Å². The summed E-state index contributed by atoms with van der Waals surface area (Å²) in [5, 5.41) is 9.02. The Balaban J connectivity index is 1.80. The van der Waals surface area contributed by atoms with Gasteiger partial charge in [0.15, 0.2) is 5.69 Å². The van der Waals surface area contributed by atoms with Gasteiger partial charge in [-0.15, -0.1) is 0 Å². The van der Waals surface area contributed by atoms with Gasteiger partial charge in [-0.3, -0.25) is 4.90 Å². The molecule has 2 aromatic rings. The molecule has 1 amide bonds. The van der Waals surface area contributed by atoms with Crippen molar-refractivity contribution < 1.29 is 28.6 Å². The van der Waals surface area contributed by atoms with E-state index < -0.39 is 12.1 Å². The molecule has 3 rings (SSSR count). The summed E-state index contributed by atoms with van der Waals surface area (Å²) in [5.41, 5.74) is 0.339. The Labute approximate surface area is 168 Å². The van der Waals surface area contributed by atoms with Crippen molar-refractivity contribution in [3.63, 3.8) is 0 Å². The van der Waals surface area contributed by atoms with Crippen molar-refractivity contribution in [3.8, 4) is 11.5 Å². The van der Waals surface area contributed by atoms with E-state index in [2.05, 4.69) is 9.97 Å². The first-order valence-corrected chi connectivity index (χ1v) is 9.64. The summed E-state index contributed by atoms with van der Waals surface area (Å²) in [6.07, 6.45) is 5.83. The van der Waals surface area contributed by atoms with Crippen LogP contribution in [-0.4, -0.2) is 53.5 Å². The maximum atomic E-state index is 12.7. The maximum Gasteiger partial charge on any atom is 0.415 e. The van der Waals surface area contributed by atoms with E-state index in [1.807, 2.05) is 6.92 Å². The van der Waals surface area contributed by atoms with Gasteiger partial charge >= 0.3 is 12.1 Å². The lowest BCUT2D eigenvalue weighted by molar-refractivity contribution is 0.00351. The molecule has 0 unspecified atom stereocenters. The molecular formula is C20H25N3O6. The number of carboxylic acid groups (broad SMARTS) is 1. The number of hydrogen-bond acceptors (Lipinski definition) is 7. The minimum Gasteiger partial charge on any atom is -0.476 e. The Hall–Kier alpha value is -2.94. The van der Waals surface area contributed by atoms with Gasteiger partial charge in [-0.2, -0.15) is 0 Å². The van der Waals surface area contributed by atoms with Gasteiger partial charge in [0, 0.05) is 25.4 Å². The zero-order valence-electron chi connectivity index (χ0n) is 16.5. The molecule has 2 aromatic heterocycles. The zero-order valence-corrected chi connectivity index (χ0v) is 16.5. The van der Waals surface area contributed by atoms with E-state index in [-0.39, 0.29) is 17.7 Å². The molecule has 9 heteroatoms. The summed E-state index contributed by atoms with van der Waals surface area (Å²) < 4.78 is 16.0. The molecule has 1 saturated carbocycles. The highest BCUT2D eigenvalue weighted by atomic mass is 16.6. The van der Waals surface area contributed by atoms with Gasteiger partial charge in [0.2, 0.25) is 5.89 Å². The van der Waals surface area contributed by atoms with Crippen LogP contribution in [0.15, 0.2) is 29.0 Å². The number of aromatic nitrogens is 2. The van der Waals surface area contributed by atoms with Crippen molar-refractivity contribution in [2.45, 2.75) is 38.7 Å². The third-order valence-electron chi connectivity index (χ3n) is 4.90. The molecule has 0 spiro atoms. The molecule has 2 heterocycles. The minimum atomic E-state index is -1.17. The van der Waals surface area contributed by atoms with Crippen molar-refractivity contribution in [1.29, 1.82) is 0 Å². The van der Waals surface area contributed by atoms with Gasteiger partial charge in [-0.1, -0.05) is 13.3 Å². The quantitative estimate of drug-likeness (QED) is 0.632. The molecule has 0 bridgehead atoms. The average molecular weight is 403 g/mol. The largest absolute Gasteiger partial charge is 0.476 e. The number of nitrogens with zero attached hydrogens (tertiary/aromatic N) is 3. The highest BCUT2D eigenvalue weighted by Crippen LogP contribution is 2.32. The van der Waals surface area contributed by atoms with Gasteiger partial charge in [0.25, 0.3) is 0 Å². The number of oxazole rings is 1. The van der Waals surface area contributed by atoms with Gasteiger partial charge in [0.05, 0.1) is 12.7 Å². The monoisotopic (exact) mass is 403 g/mol. The molecule has 9 nitrogen and oxygen atoms in total. The molecule has 1 N–H and O–H groups in total. The summed E-state index contributed by atoms with van der Waals surface area (Å²) in [4.78, 5) is 33.5. The number of carboxylic acids is 1. The molecule has 1 aliphatic rings. The Morgan fingerprint density at radius 1 is 1.38 bits per heavy atom. The van der Waals surface area contributed by atoms with Crippen LogP contribution in [0, 0.1) is 5.92 Å². The van der Waals surface area contributed by atoms with Crippen LogP contribution in [0.5, 0.6) is 0 Å². The number of aromatic carboxylic acids is 1. The number of hydrogen-bond donors (Lipinski definition) is 1. The highest BCUT2D eigenvalue weighted by Gasteiger charge is 2.33. The fraction of sp³-hybridized carbons (Fsp3) is 0.500. The molecule has 0 aliphatic heterocycles. The van der Waals surface area contributed by atoms with E-state index in [0.29, 0.717) is 30.5 Å². The maximum absolute atomic E-state index is 12.7. The predicted molar refractivity (Wildman–Crippen MR) is 104 cm³/mol. The second kappa shape index (κ2) is 9.51. The minimum absolute atomic E-state index is 0.147. The lowest BCUT2D eigenvalue weighted by atomic mass is 9.82. The van der Waals surface area contributed by atoms with Crippen LogP contribution in [-0.2, 0) is 9.47 Å². The Morgan fingerprint density at radius 2 is 2.17 bits per heavy atom. The number of anilines is 1. The van der Waals surface area contributed by atoms with Gasteiger partial charge in [-0.25, -0.2) is 19.6 Å². The van der Waals surface area contributed by atoms with Crippen LogP contribution in [0.3, 0.4) is 0 Å². The summed E-state index contributed by atoms with van der Waals surface area (Å²) in [5.74, 6) is -0.328. The number of rotatable bonds is 9. The molecule has 0 saturated heterocycles. The molecule has 0 atom stereocenters. The SMILES string of the molecule is CCCCOC(=O)N(CC1CC(OC)C1)c1cc(-c2nc(C(=O)O)co2)ccn1. The summed E-state index contributed by atoms with van der Waals surface area (Å²) in [7, 11) is 1.68. The van der Waals surface area contributed by atoms with Crippen molar-refractivity contribution in [1.82, 2.24) is 9.97 Å². The van der Waals surface area contributed by atoms with Gasteiger partial charge in [0.1, 0.15) is 12.1 Å². The average Bonchev–Trinajstić information content (AvgIpc) is 3.18. The van der Waals surface area contributed by atoms with E-state index in [9.17, 15) is 9.59 Å². The first kappa shape index (κ1) is 20.8. The van der Waals surface area contributed by atoms with E-state index in [1.54, 1.807) is 19.2 Å². The first-order chi connectivity index (χ1) is 14.0. The fourth-order valence-corrected chi connectivity index (χ4v) is 3.12. The second-order valence-electron chi connectivity index (χ2n) is 7.02. The van der Waals surface area contributed by atoms with E-state index in [0.717, 1.165) is 31.9 Å². The molecule has 0 radical (unpaired) electrons. The van der Waals surface area contributed by atoms with Crippen LogP contribution in [0.25, 0.3) is 11.5 Å². The number of amides is 1. The fourth-order valence-electron chi connectivity index (χ4n) is 3.12. The Kier molecular flexibility index (Phi) is 6.82. The number of methoxy groups -OCH3 is 1. The van der Waals surface area contributed by atoms with E-state index in [4.69, 9.17) is 19.0 Å². The number of carbonyl (C=O) groups is 2. The number of pyridine rings is 1. The molecule has 1 fully saturated rings. The van der Waals surface area contributed by atoms with Crippen LogP contribution >= 0.6 is 0 Å². The van der Waals surface area contributed by atoms with Crippen LogP contribution < -0.4 is 4.90 Å². The van der Waals surface area contributed by atoms with Crippen molar-refractivity contribution in [2.75, 3.05) is 25.2 Å². The number of ether oxygens (including phenoxy) is 2.